The van der Waals surface area contributed by atoms with Gasteiger partial charge < -0.3 is 9.32 Å². The van der Waals surface area contributed by atoms with Crippen molar-refractivity contribution in [2.24, 2.45) is 0 Å². The van der Waals surface area contributed by atoms with Crippen LogP contribution in [0.3, 0.4) is 0 Å². The molecule has 0 bridgehead atoms. The summed E-state index contributed by atoms with van der Waals surface area (Å²) in [5, 5.41) is 4.80. The molecule has 9 aromatic rings. The molecule has 0 saturated heterocycles. The second kappa shape index (κ2) is 10.5. The van der Waals surface area contributed by atoms with Gasteiger partial charge in [0.15, 0.2) is 5.58 Å². The maximum absolute atomic E-state index is 6.21. The van der Waals surface area contributed by atoms with Crippen molar-refractivity contribution in [2.75, 3.05) is 4.90 Å². The third kappa shape index (κ3) is 4.30. The minimum absolute atomic E-state index is 0.632. The summed E-state index contributed by atoms with van der Waals surface area (Å²) in [6.45, 7) is 0. The molecule has 2 heterocycles. The van der Waals surface area contributed by atoms with Crippen LogP contribution in [0.1, 0.15) is 0 Å². The Hall–Kier alpha value is -5.71. The molecule has 0 aliphatic heterocycles. The van der Waals surface area contributed by atoms with Crippen molar-refractivity contribution in [1.29, 1.82) is 0 Å². The Morgan fingerprint density at radius 3 is 2.02 bits per heavy atom. The van der Waals surface area contributed by atoms with Crippen LogP contribution in [0.2, 0.25) is 0 Å². The highest BCUT2D eigenvalue weighted by atomic mass is 32.1. The molecule has 0 aliphatic carbocycles. The molecule has 45 heavy (non-hydrogen) atoms. The highest BCUT2D eigenvalue weighted by Gasteiger charge is 2.19. The van der Waals surface area contributed by atoms with Gasteiger partial charge in [-0.05, 0) is 71.8 Å². The van der Waals surface area contributed by atoms with Crippen molar-refractivity contribution in [1.82, 2.24) is 4.98 Å². The molecule has 212 valence electrons. The summed E-state index contributed by atoms with van der Waals surface area (Å²) >= 11 is 1.87. The summed E-state index contributed by atoms with van der Waals surface area (Å²) in [5.41, 5.74) is 8.36. The maximum Gasteiger partial charge on any atom is 0.227 e. The monoisotopic (exact) mass is 594 g/mol. The molecule has 0 spiro atoms. The van der Waals surface area contributed by atoms with Gasteiger partial charge in [-0.1, -0.05) is 97.1 Å². The Morgan fingerprint density at radius 1 is 0.489 bits per heavy atom. The largest absolute Gasteiger partial charge is 0.436 e. The van der Waals surface area contributed by atoms with E-state index in [-0.39, 0.29) is 0 Å². The number of thiophene rings is 1. The molecule has 0 fully saturated rings. The van der Waals surface area contributed by atoms with Crippen LogP contribution in [0.25, 0.3) is 64.6 Å². The Balaban J connectivity index is 1.18. The lowest BCUT2D eigenvalue weighted by Gasteiger charge is -2.27. The van der Waals surface area contributed by atoms with Crippen LogP contribution in [0.5, 0.6) is 0 Å². The lowest BCUT2D eigenvalue weighted by Crippen LogP contribution is -2.10. The molecule has 9 rings (SSSR count). The maximum atomic E-state index is 6.21. The van der Waals surface area contributed by atoms with E-state index < -0.39 is 0 Å². The van der Waals surface area contributed by atoms with E-state index in [2.05, 4.69) is 126 Å². The van der Waals surface area contributed by atoms with Gasteiger partial charge in [-0.25, -0.2) is 4.98 Å². The van der Waals surface area contributed by atoms with Crippen LogP contribution in [-0.4, -0.2) is 4.98 Å². The van der Waals surface area contributed by atoms with Crippen molar-refractivity contribution in [3.63, 3.8) is 0 Å². The standard InChI is InChI=1S/C41H26N2OS/c1-3-11-28(12-4-1)41-42-39-34-17-10-19-36(32(34)25-26-37(39)44-41)43(29-13-5-2-6-14-29)30-23-21-27(22-24-30)31-16-9-18-35-33-15-7-8-20-38(33)45-40(31)35/h1-26H. The molecule has 4 heteroatoms. The quantitative estimate of drug-likeness (QED) is 0.198. The molecule has 0 amide bonds. The average Bonchev–Trinajstić information content (AvgIpc) is 3.72. The van der Waals surface area contributed by atoms with E-state index >= 15 is 0 Å². The van der Waals surface area contributed by atoms with E-state index in [1.54, 1.807) is 0 Å². The number of anilines is 3. The SMILES string of the molecule is c1ccc(-c2nc3c(ccc4c(N(c5ccccc5)c5ccc(-c6cccc7c6sc6ccccc67)cc5)cccc43)o2)cc1. The zero-order chi connectivity index (χ0) is 29.7. The Labute approximate surface area is 264 Å². The van der Waals surface area contributed by atoms with Gasteiger partial charge in [-0.2, -0.15) is 0 Å². The summed E-state index contributed by atoms with van der Waals surface area (Å²) < 4.78 is 8.86. The fourth-order valence-corrected chi connectivity index (χ4v) is 7.64. The number of hydrogen-bond donors (Lipinski definition) is 0. The van der Waals surface area contributed by atoms with E-state index in [0.717, 1.165) is 44.5 Å². The van der Waals surface area contributed by atoms with Gasteiger partial charge in [0.25, 0.3) is 0 Å². The average molecular weight is 595 g/mol. The normalized spacial score (nSPS) is 11.6. The third-order valence-electron chi connectivity index (χ3n) is 8.51. The van der Waals surface area contributed by atoms with Gasteiger partial charge in [-0.3, -0.25) is 0 Å². The van der Waals surface area contributed by atoms with E-state index in [1.807, 2.05) is 47.7 Å². The van der Waals surface area contributed by atoms with Crippen molar-refractivity contribution in [3.05, 3.63) is 158 Å². The van der Waals surface area contributed by atoms with E-state index in [1.165, 1.54) is 31.3 Å². The van der Waals surface area contributed by atoms with Gasteiger partial charge in [0.1, 0.15) is 5.52 Å². The van der Waals surface area contributed by atoms with E-state index in [0.29, 0.717) is 5.89 Å². The summed E-state index contributed by atoms with van der Waals surface area (Å²) in [5.74, 6) is 0.632. The smallest absolute Gasteiger partial charge is 0.227 e. The Morgan fingerprint density at radius 2 is 1.18 bits per heavy atom. The molecule has 0 aliphatic rings. The van der Waals surface area contributed by atoms with Crippen LogP contribution >= 0.6 is 11.3 Å². The molecule has 0 N–H and O–H groups in total. The number of fused-ring (bicyclic) bond motifs is 6. The number of rotatable bonds is 5. The topological polar surface area (TPSA) is 29.3 Å². The van der Waals surface area contributed by atoms with Gasteiger partial charge >= 0.3 is 0 Å². The number of aromatic nitrogens is 1. The second-order valence-electron chi connectivity index (χ2n) is 11.2. The zero-order valence-corrected chi connectivity index (χ0v) is 25.0. The number of para-hydroxylation sites is 1. The summed E-state index contributed by atoms with van der Waals surface area (Å²) in [6.07, 6.45) is 0. The predicted octanol–water partition coefficient (Wildman–Crippen LogP) is 12.2. The van der Waals surface area contributed by atoms with Crippen LogP contribution < -0.4 is 4.90 Å². The van der Waals surface area contributed by atoms with Crippen molar-refractivity contribution in [2.45, 2.75) is 0 Å². The number of hydrogen-bond acceptors (Lipinski definition) is 4. The van der Waals surface area contributed by atoms with Gasteiger partial charge in [0.05, 0.1) is 5.69 Å². The molecule has 0 radical (unpaired) electrons. The van der Waals surface area contributed by atoms with Crippen LogP contribution in [0, 0.1) is 0 Å². The minimum Gasteiger partial charge on any atom is -0.436 e. The van der Waals surface area contributed by atoms with Crippen molar-refractivity contribution < 1.29 is 4.42 Å². The molecule has 0 unspecified atom stereocenters. The lowest BCUT2D eigenvalue weighted by atomic mass is 10.0. The first-order chi connectivity index (χ1) is 22.3. The van der Waals surface area contributed by atoms with Crippen molar-refractivity contribution >= 4 is 70.4 Å². The summed E-state index contributed by atoms with van der Waals surface area (Å²) in [7, 11) is 0. The molecular weight excluding hydrogens is 569 g/mol. The Bertz CT molecular complexity index is 2480. The van der Waals surface area contributed by atoms with Crippen molar-refractivity contribution in [3.8, 4) is 22.6 Å². The first kappa shape index (κ1) is 25.8. The van der Waals surface area contributed by atoms with Gasteiger partial charge in [0.2, 0.25) is 5.89 Å². The van der Waals surface area contributed by atoms with Crippen LogP contribution in [0.15, 0.2) is 162 Å². The fraction of sp³-hybridized carbons (Fsp3) is 0. The van der Waals surface area contributed by atoms with Crippen LogP contribution in [-0.2, 0) is 0 Å². The van der Waals surface area contributed by atoms with E-state index in [9.17, 15) is 0 Å². The van der Waals surface area contributed by atoms with E-state index in [4.69, 9.17) is 9.40 Å². The fourth-order valence-electron chi connectivity index (χ4n) is 6.40. The summed E-state index contributed by atoms with van der Waals surface area (Å²) in [6, 6.07) is 55.5. The highest BCUT2D eigenvalue weighted by molar-refractivity contribution is 7.26. The first-order valence-electron chi connectivity index (χ1n) is 15.1. The summed E-state index contributed by atoms with van der Waals surface area (Å²) in [4.78, 5) is 7.29. The zero-order valence-electron chi connectivity index (χ0n) is 24.2. The molecule has 2 aromatic heterocycles. The Kier molecular flexibility index (Phi) is 6.00. The molecule has 7 aromatic carbocycles. The number of nitrogens with zero attached hydrogens (tertiary/aromatic N) is 2. The highest BCUT2D eigenvalue weighted by Crippen LogP contribution is 2.43. The third-order valence-corrected chi connectivity index (χ3v) is 9.73. The number of benzene rings is 7. The first-order valence-corrected chi connectivity index (χ1v) is 15.9. The van der Waals surface area contributed by atoms with Gasteiger partial charge in [-0.15, -0.1) is 11.3 Å². The molecule has 3 nitrogen and oxygen atoms in total. The molecule has 0 atom stereocenters. The second-order valence-corrected chi connectivity index (χ2v) is 12.2. The molecule has 0 saturated carbocycles. The van der Waals surface area contributed by atoms with Gasteiger partial charge in [0, 0.05) is 47.9 Å². The van der Waals surface area contributed by atoms with Crippen LogP contribution in [0.4, 0.5) is 17.1 Å². The molecular formula is C41H26N2OS. The lowest BCUT2D eigenvalue weighted by molar-refractivity contribution is 0.620. The minimum atomic E-state index is 0.632. The number of oxazole rings is 1. The predicted molar refractivity (Wildman–Crippen MR) is 190 cm³/mol.